The zero-order valence-corrected chi connectivity index (χ0v) is 18.4. The van der Waals surface area contributed by atoms with Gasteiger partial charge in [0.15, 0.2) is 0 Å². The van der Waals surface area contributed by atoms with E-state index in [-0.39, 0.29) is 17.6 Å². The van der Waals surface area contributed by atoms with Crippen molar-refractivity contribution in [3.05, 3.63) is 56.9 Å². The van der Waals surface area contributed by atoms with Crippen LogP contribution in [0, 0.1) is 0 Å². The van der Waals surface area contributed by atoms with E-state index in [1.54, 1.807) is 22.9 Å². The van der Waals surface area contributed by atoms with Crippen molar-refractivity contribution in [2.75, 3.05) is 0 Å². The molecule has 2 aromatic rings. The van der Waals surface area contributed by atoms with Gasteiger partial charge in [-0.15, -0.1) is 0 Å². The van der Waals surface area contributed by atoms with Gasteiger partial charge in [-0.05, 0) is 64.2 Å². The quantitative estimate of drug-likeness (QED) is 0.657. The van der Waals surface area contributed by atoms with Gasteiger partial charge in [-0.1, -0.05) is 35.3 Å². The maximum absolute atomic E-state index is 12.8. The number of nitrogens with one attached hydrogen (secondary N) is 1. The van der Waals surface area contributed by atoms with Crippen molar-refractivity contribution in [2.24, 2.45) is 0 Å². The predicted octanol–water partition coefficient (Wildman–Crippen LogP) is 5.83. The molecule has 1 aromatic carbocycles. The lowest BCUT2D eigenvalue weighted by Gasteiger charge is -2.31. The van der Waals surface area contributed by atoms with Crippen LogP contribution in [-0.4, -0.2) is 22.3 Å². The van der Waals surface area contributed by atoms with Gasteiger partial charge in [0.05, 0.1) is 10.0 Å². The predicted molar refractivity (Wildman–Crippen MR) is 117 cm³/mol. The van der Waals surface area contributed by atoms with Crippen molar-refractivity contribution in [1.29, 1.82) is 0 Å². The molecule has 2 atom stereocenters. The Kier molecular flexibility index (Phi) is 6.59. The number of carbonyl (C=O) groups is 1. The highest BCUT2D eigenvalue weighted by atomic mass is 35.5. The van der Waals surface area contributed by atoms with Gasteiger partial charge < -0.3 is 14.6 Å². The maximum Gasteiger partial charge on any atom is 0.407 e. The molecule has 0 saturated heterocycles. The SMILES string of the molecule is CC(C)(C)OC(=O)NC1CCCC(n2ccc(-c3cccc(Cl)c3Cl)cc2=O)C1. The fraction of sp³-hybridized carbons (Fsp3) is 0.455. The van der Waals surface area contributed by atoms with Crippen LogP contribution in [0.25, 0.3) is 11.1 Å². The minimum Gasteiger partial charge on any atom is -0.444 e. The van der Waals surface area contributed by atoms with Crippen LogP contribution in [-0.2, 0) is 4.74 Å². The second kappa shape index (κ2) is 8.80. The summed E-state index contributed by atoms with van der Waals surface area (Å²) < 4.78 is 7.09. The van der Waals surface area contributed by atoms with Gasteiger partial charge in [-0.3, -0.25) is 4.79 Å². The first-order valence-electron chi connectivity index (χ1n) is 9.80. The van der Waals surface area contributed by atoms with E-state index < -0.39 is 11.7 Å². The molecule has 2 unspecified atom stereocenters. The number of hydrogen-bond donors (Lipinski definition) is 1. The molecule has 1 aliphatic carbocycles. The van der Waals surface area contributed by atoms with Crippen LogP contribution >= 0.6 is 23.2 Å². The van der Waals surface area contributed by atoms with E-state index in [2.05, 4.69) is 5.32 Å². The second-order valence-corrected chi connectivity index (χ2v) is 9.21. The average Bonchev–Trinajstić information content (AvgIpc) is 2.62. The van der Waals surface area contributed by atoms with Gasteiger partial charge in [0.1, 0.15) is 5.60 Å². The van der Waals surface area contributed by atoms with E-state index in [1.165, 1.54) is 0 Å². The highest BCUT2D eigenvalue weighted by Crippen LogP contribution is 2.33. The molecule has 1 N–H and O–H groups in total. The Hall–Kier alpha value is -1.98. The Morgan fingerprint density at radius 2 is 1.97 bits per heavy atom. The summed E-state index contributed by atoms with van der Waals surface area (Å²) in [4.78, 5) is 24.9. The van der Waals surface area contributed by atoms with E-state index >= 15 is 0 Å². The number of halogens is 2. The van der Waals surface area contributed by atoms with Gasteiger partial charge in [0.2, 0.25) is 0 Å². The van der Waals surface area contributed by atoms with E-state index in [1.807, 2.05) is 39.0 Å². The Balaban J connectivity index is 1.74. The molecule has 1 saturated carbocycles. The molecule has 156 valence electrons. The fourth-order valence-electron chi connectivity index (χ4n) is 3.71. The Morgan fingerprint density at radius 1 is 1.21 bits per heavy atom. The number of benzene rings is 1. The maximum atomic E-state index is 12.8. The summed E-state index contributed by atoms with van der Waals surface area (Å²) in [7, 11) is 0. The third-order valence-electron chi connectivity index (χ3n) is 4.97. The number of alkyl carbamates (subject to hydrolysis) is 1. The normalized spacial score (nSPS) is 19.6. The lowest BCUT2D eigenvalue weighted by molar-refractivity contribution is 0.0485. The third-order valence-corrected chi connectivity index (χ3v) is 5.79. The average molecular weight is 437 g/mol. The number of carbonyl (C=O) groups excluding carboxylic acids is 1. The van der Waals surface area contributed by atoms with Crippen molar-refractivity contribution < 1.29 is 9.53 Å². The number of pyridine rings is 1. The molecule has 0 aliphatic heterocycles. The smallest absolute Gasteiger partial charge is 0.407 e. The number of aromatic nitrogens is 1. The highest BCUT2D eigenvalue weighted by Gasteiger charge is 2.27. The number of hydrogen-bond acceptors (Lipinski definition) is 3. The molecule has 1 fully saturated rings. The lowest BCUT2D eigenvalue weighted by atomic mass is 9.90. The van der Waals surface area contributed by atoms with Crippen molar-refractivity contribution in [1.82, 2.24) is 9.88 Å². The van der Waals surface area contributed by atoms with Crippen LogP contribution in [0.2, 0.25) is 10.0 Å². The molecule has 3 rings (SSSR count). The summed E-state index contributed by atoms with van der Waals surface area (Å²) in [5.41, 5.74) is 0.836. The van der Waals surface area contributed by atoms with E-state index in [9.17, 15) is 9.59 Å². The number of rotatable bonds is 3. The van der Waals surface area contributed by atoms with E-state index in [0.717, 1.165) is 30.4 Å². The van der Waals surface area contributed by atoms with Crippen LogP contribution in [0.4, 0.5) is 4.79 Å². The number of nitrogens with zero attached hydrogens (tertiary/aromatic N) is 1. The molecule has 29 heavy (non-hydrogen) atoms. The van der Waals surface area contributed by atoms with Crippen LogP contribution in [0.5, 0.6) is 0 Å². The molecule has 1 heterocycles. The molecule has 1 aliphatic rings. The number of amides is 1. The first-order valence-corrected chi connectivity index (χ1v) is 10.6. The van der Waals surface area contributed by atoms with E-state index in [4.69, 9.17) is 27.9 Å². The zero-order valence-electron chi connectivity index (χ0n) is 16.9. The van der Waals surface area contributed by atoms with Crippen LogP contribution in [0.3, 0.4) is 0 Å². The third kappa shape index (κ3) is 5.55. The van der Waals surface area contributed by atoms with Crippen LogP contribution in [0.1, 0.15) is 52.5 Å². The van der Waals surface area contributed by atoms with Crippen molar-refractivity contribution in [3.63, 3.8) is 0 Å². The molecular weight excluding hydrogens is 411 g/mol. The minimum absolute atomic E-state index is 0.0162. The Morgan fingerprint density at radius 3 is 2.66 bits per heavy atom. The van der Waals surface area contributed by atoms with E-state index in [0.29, 0.717) is 16.5 Å². The molecule has 1 amide bonds. The molecule has 0 radical (unpaired) electrons. The summed E-state index contributed by atoms with van der Waals surface area (Å²) in [6, 6.07) is 8.84. The van der Waals surface area contributed by atoms with Crippen LogP contribution < -0.4 is 10.9 Å². The zero-order chi connectivity index (χ0) is 21.2. The van der Waals surface area contributed by atoms with Gasteiger partial charge >= 0.3 is 6.09 Å². The van der Waals surface area contributed by atoms with Crippen molar-refractivity contribution >= 4 is 29.3 Å². The molecular formula is C22H26Cl2N2O3. The van der Waals surface area contributed by atoms with Crippen molar-refractivity contribution in [2.45, 2.75) is 64.1 Å². The van der Waals surface area contributed by atoms with Gasteiger partial charge in [0.25, 0.3) is 5.56 Å². The monoisotopic (exact) mass is 436 g/mol. The summed E-state index contributed by atoms with van der Waals surface area (Å²) >= 11 is 12.4. The van der Waals surface area contributed by atoms with Crippen LogP contribution in [0.15, 0.2) is 41.3 Å². The first-order chi connectivity index (χ1) is 13.6. The topological polar surface area (TPSA) is 60.3 Å². The minimum atomic E-state index is -0.535. The summed E-state index contributed by atoms with van der Waals surface area (Å²) in [5, 5.41) is 3.83. The second-order valence-electron chi connectivity index (χ2n) is 8.43. The van der Waals surface area contributed by atoms with Gasteiger partial charge in [-0.25, -0.2) is 4.79 Å². The fourth-order valence-corrected chi connectivity index (χ4v) is 4.12. The Labute approximate surface area is 181 Å². The molecule has 0 bridgehead atoms. The Bertz CT molecular complexity index is 950. The van der Waals surface area contributed by atoms with Gasteiger partial charge in [-0.2, -0.15) is 0 Å². The number of ether oxygens (including phenoxy) is 1. The van der Waals surface area contributed by atoms with Crippen molar-refractivity contribution in [3.8, 4) is 11.1 Å². The lowest BCUT2D eigenvalue weighted by Crippen LogP contribution is -2.42. The highest BCUT2D eigenvalue weighted by molar-refractivity contribution is 6.43. The standard InChI is InChI=1S/C22H26Cl2N2O3/c1-22(2,3)29-21(28)25-15-6-4-7-16(13-15)26-11-10-14(12-19(26)27)17-8-5-9-18(23)20(17)24/h5,8-12,15-16H,4,6-7,13H2,1-3H3,(H,25,28). The largest absolute Gasteiger partial charge is 0.444 e. The first kappa shape index (κ1) is 21.7. The molecule has 0 spiro atoms. The van der Waals surface area contributed by atoms with Gasteiger partial charge in [0, 0.05) is 29.9 Å². The molecule has 1 aromatic heterocycles. The molecule has 7 heteroatoms. The summed E-state index contributed by atoms with van der Waals surface area (Å²) in [5.74, 6) is 0. The summed E-state index contributed by atoms with van der Waals surface area (Å²) in [6.07, 6.45) is 4.77. The molecule has 5 nitrogen and oxygen atoms in total. The summed E-state index contributed by atoms with van der Waals surface area (Å²) in [6.45, 7) is 5.51.